The second kappa shape index (κ2) is 8.42. The summed E-state index contributed by atoms with van der Waals surface area (Å²) in [5.74, 6) is -0.221. The highest BCUT2D eigenvalue weighted by Crippen LogP contribution is 2.27. The summed E-state index contributed by atoms with van der Waals surface area (Å²) >= 11 is 0. The zero-order valence-corrected chi connectivity index (χ0v) is 15.2. The van der Waals surface area contributed by atoms with E-state index >= 15 is 0 Å². The molecule has 0 saturated heterocycles. The van der Waals surface area contributed by atoms with E-state index in [1.807, 2.05) is 32.0 Å². The second-order valence-corrected chi connectivity index (χ2v) is 6.33. The molecule has 0 aliphatic carbocycles. The summed E-state index contributed by atoms with van der Waals surface area (Å²) in [6, 6.07) is 9.11. The molecular formula is C20H25N3O2. The third-order valence-corrected chi connectivity index (χ3v) is 3.96. The molecule has 1 heterocycles. The summed E-state index contributed by atoms with van der Waals surface area (Å²) in [4.78, 5) is 28.7. The summed E-state index contributed by atoms with van der Waals surface area (Å²) in [5, 5.41) is 5.75. The van der Waals surface area contributed by atoms with Gasteiger partial charge in [0.25, 0.3) is 11.8 Å². The average molecular weight is 339 g/mol. The van der Waals surface area contributed by atoms with E-state index in [1.54, 1.807) is 6.07 Å². The van der Waals surface area contributed by atoms with Gasteiger partial charge >= 0.3 is 0 Å². The first kappa shape index (κ1) is 18.6. The highest BCUT2D eigenvalue weighted by molar-refractivity contribution is 6.06. The van der Waals surface area contributed by atoms with Gasteiger partial charge in [-0.05, 0) is 42.5 Å². The van der Waals surface area contributed by atoms with Crippen molar-refractivity contribution in [2.75, 3.05) is 11.9 Å². The van der Waals surface area contributed by atoms with Crippen LogP contribution in [0.3, 0.4) is 0 Å². The lowest BCUT2D eigenvalue weighted by Crippen LogP contribution is -2.25. The van der Waals surface area contributed by atoms with Gasteiger partial charge in [0.1, 0.15) is 5.69 Å². The predicted molar refractivity (Wildman–Crippen MR) is 100 cm³/mol. The zero-order chi connectivity index (χ0) is 18.4. The maximum Gasteiger partial charge on any atom is 0.269 e. The molecule has 0 saturated carbocycles. The Kier molecular flexibility index (Phi) is 6.28. The molecule has 0 unspecified atom stereocenters. The highest BCUT2D eigenvalue weighted by atomic mass is 16.2. The molecule has 1 aromatic carbocycles. The van der Waals surface area contributed by atoms with E-state index in [1.165, 1.54) is 12.3 Å². The minimum atomic E-state index is -0.268. The number of para-hydroxylation sites is 1. The van der Waals surface area contributed by atoms with Crippen LogP contribution >= 0.6 is 0 Å². The van der Waals surface area contributed by atoms with Crippen LogP contribution in [0.25, 0.3) is 0 Å². The van der Waals surface area contributed by atoms with Gasteiger partial charge in [0.05, 0.1) is 0 Å². The molecule has 132 valence electrons. The fraction of sp³-hybridized carbons (Fsp3) is 0.350. The van der Waals surface area contributed by atoms with E-state index in [2.05, 4.69) is 29.5 Å². The Morgan fingerprint density at radius 2 is 1.92 bits per heavy atom. The first-order valence-electron chi connectivity index (χ1n) is 8.59. The number of pyridine rings is 1. The monoisotopic (exact) mass is 339 g/mol. The normalized spacial score (nSPS) is 10.6. The Labute approximate surface area is 148 Å². The summed E-state index contributed by atoms with van der Waals surface area (Å²) in [7, 11) is 0. The molecule has 0 radical (unpaired) electrons. The van der Waals surface area contributed by atoms with Gasteiger partial charge in [-0.1, -0.05) is 39.0 Å². The van der Waals surface area contributed by atoms with Crippen LogP contribution < -0.4 is 10.6 Å². The Hall–Kier alpha value is -2.69. The van der Waals surface area contributed by atoms with Crippen LogP contribution in [-0.4, -0.2) is 23.3 Å². The number of carbonyl (C=O) groups excluding carboxylic acids is 2. The number of rotatable bonds is 6. The number of aromatic nitrogens is 1. The molecule has 5 nitrogen and oxygen atoms in total. The summed E-state index contributed by atoms with van der Waals surface area (Å²) < 4.78 is 0. The Morgan fingerprint density at radius 3 is 2.60 bits per heavy atom. The largest absolute Gasteiger partial charge is 0.351 e. The minimum absolute atomic E-state index is 0.245. The van der Waals surface area contributed by atoms with Crippen LogP contribution in [0.15, 0.2) is 36.5 Å². The van der Waals surface area contributed by atoms with Gasteiger partial charge in [-0.2, -0.15) is 0 Å². The molecule has 0 spiro atoms. The summed E-state index contributed by atoms with van der Waals surface area (Å²) in [6.07, 6.45) is 2.33. The number of nitrogens with one attached hydrogen (secondary N) is 2. The lowest BCUT2D eigenvalue weighted by atomic mass is 9.98. The smallest absolute Gasteiger partial charge is 0.269 e. The van der Waals surface area contributed by atoms with E-state index in [-0.39, 0.29) is 17.5 Å². The number of carbonyl (C=O) groups is 2. The molecule has 1 aromatic heterocycles. The Bertz CT molecular complexity index is 769. The van der Waals surface area contributed by atoms with Gasteiger partial charge < -0.3 is 10.6 Å². The van der Waals surface area contributed by atoms with Gasteiger partial charge in [0.2, 0.25) is 0 Å². The quantitative estimate of drug-likeness (QED) is 0.838. The van der Waals surface area contributed by atoms with Crippen molar-refractivity contribution >= 4 is 17.5 Å². The fourth-order valence-corrected chi connectivity index (χ4v) is 2.55. The Morgan fingerprint density at radius 1 is 1.16 bits per heavy atom. The van der Waals surface area contributed by atoms with Crippen molar-refractivity contribution in [1.29, 1.82) is 0 Å². The Balaban J connectivity index is 2.24. The standard InChI is InChI=1S/C20H25N3O2/c1-5-10-22-20(25)17-12-15(9-11-21-17)19(24)23-18-14(4)7-6-8-16(18)13(2)3/h6-9,11-13H,5,10H2,1-4H3,(H,22,25)(H,23,24). The van der Waals surface area contributed by atoms with Crippen molar-refractivity contribution < 1.29 is 9.59 Å². The first-order chi connectivity index (χ1) is 11.9. The minimum Gasteiger partial charge on any atom is -0.351 e. The average Bonchev–Trinajstić information content (AvgIpc) is 2.61. The van der Waals surface area contributed by atoms with E-state index in [0.717, 1.165) is 23.2 Å². The summed E-state index contributed by atoms with van der Waals surface area (Å²) in [5.41, 5.74) is 3.58. The maximum atomic E-state index is 12.7. The third kappa shape index (κ3) is 4.66. The SMILES string of the molecule is CCCNC(=O)c1cc(C(=O)Nc2c(C)cccc2C(C)C)ccn1. The third-order valence-electron chi connectivity index (χ3n) is 3.96. The van der Waals surface area contributed by atoms with Crippen LogP contribution in [0.2, 0.25) is 0 Å². The summed E-state index contributed by atoms with van der Waals surface area (Å²) in [6.45, 7) is 8.71. The number of hydrogen-bond acceptors (Lipinski definition) is 3. The van der Waals surface area contributed by atoms with Gasteiger partial charge in [-0.25, -0.2) is 0 Å². The molecule has 0 aliphatic heterocycles. The van der Waals surface area contributed by atoms with Crippen LogP contribution in [0, 0.1) is 6.92 Å². The number of hydrogen-bond donors (Lipinski definition) is 2. The molecule has 0 atom stereocenters. The fourth-order valence-electron chi connectivity index (χ4n) is 2.55. The molecular weight excluding hydrogens is 314 g/mol. The van der Waals surface area contributed by atoms with Gasteiger partial charge in [-0.15, -0.1) is 0 Å². The van der Waals surface area contributed by atoms with Crippen LogP contribution in [-0.2, 0) is 0 Å². The highest BCUT2D eigenvalue weighted by Gasteiger charge is 2.15. The van der Waals surface area contributed by atoms with E-state index in [4.69, 9.17) is 0 Å². The zero-order valence-electron chi connectivity index (χ0n) is 15.2. The van der Waals surface area contributed by atoms with Gasteiger partial charge in [-0.3, -0.25) is 14.6 Å². The lowest BCUT2D eigenvalue weighted by Gasteiger charge is -2.16. The van der Waals surface area contributed by atoms with Crippen molar-refractivity contribution in [3.8, 4) is 0 Å². The molecule has 2 rings (SSSR count). The molecule has 2 N–H and O–H groups in total. The van der Waals surface area contributed by atoms with Crippen molar-refractivity contribution in [1.82, 2.24) is 10.3 Å². The van der Waals surface area contributed by atoms with Crippen molar-refractivity contribution in [3.05, 3.63) is 58.9 Å². The van der Waals surface area contributed by atoms with Crippen LogP contribution in [0.4, 0.5) is 5.69 Å². The van der Waals surface area contributed by atoms with Crippen LogP contribution in [0.5, 0.6) is 0 Å². The molecule has 25 heavy (non-hydrogen) atoms. The molecule has 0 bridgehead atoms. The number of benzene rings is 1. The number of nitrogens with zero attached hydrogens (tertiary/aromatic N) is 1. The van der Waals surface area contributed by atoms with Crippen molar-refractivity contribution in [2.45, 2.75) is 40.0 Å². The maximum absolute atomic E-state index is 12.7. The van der Waals surface area contributed by atoms with E-state index < -0.39 is 0 Å². The molecule has 2 aromatic rings. The topological polar surface area (TPSA) is 71.1 Å². The number of amides is 2. The molecule has 5 heteroatoms. The van der Waals surface area contributed by atoms with Crippen LogP contribution in [0.1, 0.15) is 65.1 Å². The van der Waals surface area contributed by atoms with Crippen molar-refractivity contribution in [3.63, 3.8) is 0 Å². The first-order valence-corrected chi connectivity index (χ1v) is 8.59. The predicted octanol–water partition coefficient (Wildman–Crippen LogP) is 3.91. The lowest BCUT2D eigenvalue weighted by molar-refractivity contribution is 0.0948. The number of aryl methyl sites for hydroxylation is 1. The van der Waals surface area contributed by atoms with Gasteiger partial charge in [0, 0.05) is 24.0 Å². The van der Waals surface area contributed by atoms with E-state index in [0.29, 0.717) is 18.0 Å². The molecule has 0 aliphatic rings. The van der Waals surface area contributed by atoms with E-state index in [9.17, 15) is 9.59 Å². The molecule has 2 amide bonds. The second-order valence-electron chi connectivity index (χ2n) is 6.33. The molecule has 0 fully saturated rings. The number of anilines is 1. The van der Waals surface area contributed by atoms with Gasteiger partial charge in [0.15, 0.2) is 0 Å². The van der Waals surface area contributed by atoms with Crippen molar-refractivity contribution in [2.24, 2.45) is 0 Å².